The standard InChI is InChI=1S/C23H35N5O2/c1-18-8-7-14-28(17-18)13-5-4-11-25-23(29)26-21(22-24-12-15-27(22)2)19-9-6-10-20(16-19)30-3/h6,9-10,12,15-16,18,21H,4-5,7-8,11,13-14,17H2,1-3H3,(H2,25,26,29)/t18-,21+/m1/s1. The molecule has 1 aromatic heterocycles. The van der Waals surface area contributed by atoms with Crippen molar-refractivity contribution in [2.75, 3.05) is 33.3 Å². The lowest BCUT2D eigenvalue weighted by Gasteiger charge is -2.30. The molecule has 0 radical (unpaired) electrons. The number of hydrogen-bond donors (Lipinski definition) is 2. The van der Waals surface area contributed by atoms with E-state index in [1.807, 2.05) is 42.1 Å². The Labute approximate surface area is 179 Å². The fourth-order valence-corrected chi connectivity index (χ4v) is 4.11. The van der Waals surface area contributed by atoms with Crippen molar-refractivity contribution in [3.05, 3.63) is 48.0 Å². The van der Waals surface area contributed by atoms with Gasteiger partial charge in [0, 0.05) is 32.5 Å². The zero-order valence-electron chi connectivity index (χ0n) is 18.4. The van der Waals surface area contributed by atoms with E-state index < -0.39 is 0 Å². The van der Waals surface area contributed by atoms with Crippen LogP contribution in [0.3, 0.4) is 0 Å². The predicted molar refractivity (Wildman–Crippen MR) is 119 cm³/mol. The number of piperidine rings is 1. The van der Waals surface area contributed by atoms with Crippen molar-refractivity contribution in [2.45, 2.75) is 38.6 Å². The number of imidazole rings is 1. The number of methoxy groups -OCH3 is 1. The number of carbonyl (C=O) groups excluding carboxylic acids is 1. The third kappa shape index (κ3) is 6.23. The van der Waals surface area contributed by atoms with Crippen LogP contribution >= 0.6 is 0 Å². The van der Waals surface area contributed by atoms with Crippen molar-refractivity contribution in [1.29, 1.82) is 0 Å². The largest absolute Gasteiger partial charge is 0.497 e. The van der Waals surface area contributed by atoms with Crippen LogP contribution in [0.5, 0.6) is 5.75 Å². The highest BCUT2D eigenvalue weighted by molar-refractivity contribution is 5.74. The summed E-state index contributed by atoms with van der Waals surface area (Å²) in [4.78, 5) is 19.6. The molecule has 2 heterocycles. The maximum absolute atomic E-state index is 12.6. The zero-order valence-corrected chi connectivity index (χ0v) is 18.4. The fraction of sp³-hybridized carbons (Fsp3) is 0.565. The summed E-state index contributed by atoms with van der Waals surface area (Å²) in [6.07, 6.45) is 8.35. The van der Waals surface area contributed by atoms with Gasteiger partial charge in [0.2, 0.25) is 0 Å². The Morgan fingerprint density at radius 3 is 2.97 bits per heavy atom. The molecule has 2 amide bonds. The smallest absolute Gasteiger partial charge is 0.315 e. The third-order valence-electron chi connectivity index (χ3n) is 5.75. The number of carbonyl (C=O) groups is 1. The van der Waals surface area contributed by atoms with Crippen LogP contribution in [0.1, 0.15) is 50.0 Å². The van der Waals surface area contributed by atoms with Gasteiger partial charge < -0.3 is 24.8 Å². The van der Waals surface area contributed by atoms with Crippen LogP contribution in [0, 0.1) is 5.92 Å². The first-order chi connectivity index (χ1) is 14.6. The van der Waals surface area contributed by atoms with E-state index in [0.717, 1.165) is 42.4 Å². The molecule has 1 aliphatic heterocycles. The van der Waals surface area contributed by atoms with Gasteiger partial charge in [-0.05, 0) is 62.4 Å². The molecule has 30 heavy (non-hydrogen) atoms. The summed E-state index contributed by atoms with van der Waals surface area (Å²) < 4.78 is 7.27. The van der Waals surface area contributed by atoms with E-state index in [9.17, 15) is 4.79 Å². The maximum Gasteiger partial charge on any atom is 0.315 e. The van der Waals surface area contributed by atoms with Gasteiger partial charge in [0.05, 0.1) is 7.11 Å². The molecule has 7 nitrogen and oxygen atoms in total. The van der Waals surface area contributed by atoms with Gasteiger partial charge in [-0.15, -0.1) is 0 Å². The van der Waals surface area contributed by atoms with E-state index in [1.54, 1.807) is 13.3 Å². The second-order valence-electron chi connectivity index (χ2n) is 8.26. The summed E-state index contributed by atoms with van der Waals surface area (Å²) in [7, 11) is 3.57. The van der Waals surface area contributed by atoms with Gasteiger partial charge in [0.15, 0.2) is 0 Å². The molecule has 0 saturated carbocycles. The first-order valence-corrected chi connectivity index (χ1v) is 10.9. The van der Waals surface area contributed by atoms with Crippen molar-refractivity contribution >= 4 is 6.03 Å². The first kappa shape index (κ1) is 22.2. The van der Waals surface area contributed by atoms with Gasteiger partial charge in [-0.2, -0.15) is 0 Å². The highest BCUT2D eigenvalue weighted by Crippen LogP contribution is 2.24. The quantitative estimate of drug-likeness (QED) is 0.619. The molecule has 1 saturated heterocycles. The predicted octanol–water partition coefficient (Wildman–Crippen LogP) is 3.33. The topological polar surface area (TPSA) is 71.4 Å². The van der Waals surface area contributed by atoms with E-state index in [0.29, 0.717) is 6.54 Å². The minimum atomic E-state index is -0.352. The van der Waals surface area contributed by atoms with Crippen LogP contribution in [-0.4, -0.2) is 53.8 Å². The summed E-state index contributed by atoms with van der Waals surface area (Å²) in [5.74, 6) is 2.33. The van der Waals surface area contributed by atoms with Crippen molar-refractivity contribution < 1.29 is 9.53 Å². The van der Waals surface area contributed by atoms with Gasteiger partial charge in [-0.25, -0.2) is 9.78 Å². The normalized spacial score (nSPS) is 18.0. The number of unbranched alkanes of at least 4 members (excludes halogenated alkanes) is 1. The Kier molecular flexibility index (Phi) is 8.13. The summed E-state index contributed by atoms with van der Waals surface area (Å²) >= 11 is 0. The van der Waals surface area contributed by atoms with Crippen molar-refractivity contribution in [3.8, 4) is 5.75 Å². The molecule has 2 N–H and O–H groups in total. The first-order valence-electron chi connectivity index (χ1n) is 10.9. The van der Waals surface area contributed by atoms with Crippen molar-refractivity contribution in [1.82, 2.24) is 25.1 Å². The lowest BCUT2D eigenvalue weighted by Crippen LogP contribution is -2.40. The van der Waals surface area contributed by atoms with Gasteiger partial charge in [0.1, 0.15) is 17.6 Å². The highest BCUT2D eigenvalue weighted by Gasteiger charge is 2.21. The molecule has 3 rings (SSSR count). The SMILES string of the molecule is COc1cccc([C@H](NC(=O)NCCCCN2CCC[C@@H](C)C2)c2nccn2C)c1. The van der Waals surface area contributed by atoms with Crippen LogP contribution in [0.25, 0.3) is 0 Å². The number of hydrogen-bond acceptors (Lipinski definition) is 4. The van der Waals surface area contributed by atoms with Crippen LogP contribution in [0.4, 0.5) is 4.79 Å². The average molecular weight is 414 g/mol. The van der Waals surface area contributed by atoms with Gasteiger partial charge in [0.25, 0.3) is 0 Å². The lowest BCUT2D eigenvalue weighted by molar-refractivity contribution is 0.181. The number of rotatable bonds is 9. The molecule has 2 aromatic rings. The number of nitrogens with one attached hydrogen (secondary N) is 2. The van der Waals surface area contributed by atoms with E-state index >= 15 is 0 Å². The number of ether oxygens (including phenoxy) is 1. The minimum absolute atomic E-state index is 0.183. The Bertz CT molecular complexity index is 806. The molecular weight excluding hydrogens is 378 g/mol. The number of nitrogens with zero attached hydrogens (tertiary/aromatic N) is 3. The summed E-state index contributed by atoms with van der Waals surface area (Å²) in [5, 5.41) is 6.08. The maximum atomic E-state index is 12.6. The van der Waals surface area contributed by atoms with E-state index in [2.05, 4.69) is 27.4 Å². The third-order valence-corrected chi connectivity index (χ3v) is 5.75. The van der Waals surface area contributed by atoms with Gasteiger partial charge in [-0.1, -0.05) is 19.1 Å². The molecular formula is C23H35N5O2. The molecule has 2 atom stereocenters. The van der Waals surface area contributed by atoms with E-state index in [1.165, 1.54) is 25.9 Å². The molecule has 0 bridgehead atoms. The van der Waals surface area contributed by atoms with E-state index in [-0.39, 0.29) is 12.1 Å². The number of likely N-dealkylation sites (tertiary alicyclic amines) is 1. The molecule has 1 fully saturated rings. The fourth-order valence-electron chi connectivity index (χ4n) is 4.11. The Balaban J connectivity index is 1.50. The van der Waals surface area contributed by atoms with Crippen molar-refractivity contribution in [2.24, 2.45) is 13.0 Å². The Hall–Kier alpha value is -2.54. The second kappa shape index (κ2) is 11.0. The lowest BCUT2D eigenvalue weighted by atomic mass is 10.0. The van der Waals surface area contributed by atoms with E-state index in [4.69, 9.17) is 4.74 Å². The number of aryl methyl sites for hydroxylation is 1. The van der Waals surface area contributed by atoms with Gasteiger partial charge >= 0.3 is 6.03 Å². The van der Waals surface area contributed by atoms with Crippen LogP contribution in [0.15, 0.2) is 36.7 Å². The second-order valence-corrected chi connectivity index (χ2v) is 8.26. The van der Waals surface area contributed by atoms with Crippen LogP contribution in [0.2, 0.25) is 0 Å². The Morgan fingerprint density at radius 1 is 1.37 bits per heavy atom. The summed E-state index contributed by atoms with van der Waals surface area (Å²) in [6.45, 7) is 6.54. The molecule has 1 aliphatic rings. The number of benzene rings is 1. The van der Waals surface area contributed by atoms with Crippen molar-refractivity contribution in [3.63, 3.8) is 0 Å². The van der Waals surface area contributed by atoms with Crippen LogP contribution < -0.4 is 15.4 Å². The molecule has 0 aliphatic carbocycles. The average Bonchev–Trinajstić information content (AvgIpc) is 3.17. The number of amides is 2. The monoisotopic (exact) mass is 413 g/mol. The molecule has 164 valence electrons. The molecule has 0 unspecified atom stereocenters. The number of aromatic nitrogens is 2. The molecule has 0 spiro atoms. The van der Waals surface area contributed by atoms with Gasteiger partial charge in [-0.3, -0.25) is 0 Å². The zero-order chi connectivity index (χ0) is 21.3. The minimum Gasteiger partial charge on any atom is -0.497 e. The molecule has 1 aromatic carbocycles. The summed E-state index contributed by atoms with van der Waals surface area (Å²) in [5.41, 5.74) is 0.929. The Morgan fingerprint density at radius 2 is 2.23 bits per heavy atom. The summed E-state index contributed by atoms with van der Waals surface area (Å²) in [6, 6.07) is 7.18. The van der Waals surface area contributed by atoms with Crippen LogP contribution in [-0.2, 0) is 7.05 Å². The highest BCUT2D eigenvalue weighted by atomic mass is 16.5. The molecule has 7 heteroatoms. The number of urea groups is 1.